The van der Waals surface area contributed by atoms with Crippen LogP contribution in [-0.2, 0) is 5.54 Å². The molecule has 0 aliphatic heterocycles. The second-order valence-electron chi connectivity index (χ2n) is 7.31. The molecule has 0 bridgehead atoms. The van der Waals surface area contributed by atoms with E-state index < -0.39 is 6.04 Å². The molecule has 2 rings (SSSR count). The largest absolute Gasteiger partial charge is 0.394 e. The van der Waals surface area contributed by atoms with E-state index in [0.29, 0.717) is 5.69 Å². The summed E-state index contributed by atoms with van der Waals surface area (Å²) in [5.41, 5.74) is 2.07. The van der Waals surface area contributed by atoms with E-state index in [1.165, 1.54) is 0 Å². The molecule has 1 atom stereocenters. The average molecular weight is 329 g/mol. The van der Waals surface area contributed by atoms with Gasteiger partial charge in [0.1, 0.15) is 5.69 Å². The molecule has 2 N–H and O–H groups in total. The molecule has 0 radical (unpaired) electrons. The standard InChI is InChI=1S/C19H27N3O2/c1-13(2)17-11-15(21-22(17)19(3,4)5)18(24)20-16(12-23)14-9-7-6-8-10-14/h6-11,13,16,23H,12H2,1-5H3,(H,20,24)/t16-/m1/s1. The first-order valence-corrected chi connectivity index (χ1v) is 8.31. The van der Waals surface area contributed by atoms with Crippen LogP contribution in [0.15, 0.2) is 36.4 Å². The van der Waals surface area contributed by atoms with Gasteiger partial charge < -0.3 is 10.4 Å². The Bertz CT molecular complexity index is 684. The number of amides is 1. The van der Waals surface area contributed by atoms with Gasteiger partial charge in [0.25, 0.3) is 5.91 Å². The van der Waals surface area contributed by atoms with Crippen LogP contribution in [-0.4, -0.2) is 27.4 Å². The fourth-order valence-electron chi connectivity index (χ4n) is 2.61. The molecule has 0 spiro atoms. The summed E-state index contributed by atoms with van der Waals surface area (Å²) in [7, 11) is 0. The van der Waals surface area contributed by atoms with Crippen LogP contribution in [0.4, 0.5) is 0 Å². The van der Waals surface area contributed by atoms with E-state index in [1.54, 1.807) is 0 Å². The molecule has 0 aliphatic rings. The fourth-order valence-corrected chi connectivity index (χ4v) is 2.61. The van der Waals surface area contributed by atoms with Crippen molar-refractivity contribution in [2.24, 2.45) is 0 Å². The second kappa shape index (κ2) is 7.18. The number of rotatable bonds is 5. The van der Waals surface area contributed by atoms with Crippen molar-refractivity contribution in [3.63, 3.8) is 0 Å². The lowest BCUT2D eigenvalue weighted by atomic mass is 10.1. The molecule has 0 saturated carbocycles. The van der Waals surface area contributed by atoms with Crippen molar-refractivity contribution < 1.29 is 9.90 Å². The van der Waals surface area contributed by atoms with Crippen molar-refractivity contribution in [1.29, 1.82) is 0 Å². The summed E-state index contributed by atoms with van der Waals surface area (Å²) in [6.07, 6.45) is 0. The number of nitrogens with zero attached hydrogens (tertiary/aromatic N) is 2. The number of hydrogen-bond donors (Lipinski definition) is 2. The molecule has 0 aliphatic carbocycles. The summed E-state index contributed by atoms with van der Waals surface area (Å²) < 4.78 is 1.91. The van der Waals surface area contributed by atoms with Gasteiger partial charge in [0.2, 0.25) is 0 Å². The van der Waals surface area contributed by atoms with Crippen LogP contribution < -0.4 is 5.32 Å². The molecule has 0 unspecified atom stereocenters. The molecule has 2 aromatic rings. The first-order valence-electron chi connectivity index (χ1n) is 8.31. The molecular weight excluding hydrogens is 302 g/mol. The number of hydrogen-bond acceptors (Lipinski definition) is 3. The topological polar surface area (TPSA) is 67.2 Å². The van der Waals surface area contributed by atoms with Crippen molar-refractivity contribution in [2.45, 2.75) is 52.1 Å². The summed E-state index contributed by atoms with van der Waals surface area (Å²) >= 11 is 0. The summed E-state index contributed by atoms with van der Waals surface area (Å²) in [6.45, 7) is 10.2. The highest BCUT2D eigenvalue weighted by molar-refractivity contribution is 5.92. The average Bonchev–Trinajstić information content (AvgIpc) is 2.99. The minimum Gasteiger partial charge on any atom is -0.394 e. The van der Waals surface area contributed by atoms with Gasteiger partial charge in [-0.2, -0.15) is 5.10 Å². The Hall–Kier alpha value is -2.14. The first kappa shape index (κ1) is 18.2. The molecule has 24 heavy (non-hydrogen) atoms. The Labute approximate surface area is 143 Å². The third-order valence-corrected chi connectivity index (χ3v) is 3.89. The first-order chi connectivity index (χ1) is 11.2. The van der Waals surface area contributed by atoms with E-state index >= 15 is 0 Å². The van der Waals surface area contributed by atoms with E-state index in [4.69, 9.17) is 0 Å². The van der Waals surface area contributed by atoms with Crippen molar-refractivity contribution in [2.75, 3.05) is 6.61 Å². The van der Waals surface area contributed by atoms with Crippen LogP contribution in [0, 0.1) is 0 Å². The van der Waals surface area contributed by atoms with Gasteiger partial charge in [-0.25, -0.2) is 0 Å². The zero-order valence-electron chi connectivity index (χ0n) is 15.1. The van der Waals surface area contributed by atoms with Crippen LogP contribution in [0.5, 0.6) is 0 Å². The van der Waals surface area contributed by atoms with E-state index in [1.807, 2.05) is 41.1 Å². The Morgan fingerprint density at radius 1 is 1.25 bits per heavy atom. The third kappa shape index (κ3) is 4.03. The summed E-state index contributed by atoms with van der Waals surface area (Å²) in [6, 6.07) is 10.8. The molecule has 5 nitrogen and oxygen atoms in total. The Morgan fingerprint density at radius 2 is 1.88 bits per heavy atom. The molecule has 130 valence electrons. The number of nitrogens with one attached hydrogen (secondary N) is 1. The lowest BCUT2D eigenvalue weighted by Crippen LogP contribution is -2.31. The number of aliphatic hydroxyl groups is 1. The van der Waals surface area contributed by atoms with Gasteiger partial charge in [-0.15, -0.1) is 0 Å². The van der Waals surface area contributed by atoms with Crippen LogP contribution in [0.2, 0.25) is 0 Å². The van der Waals surface area contributed by atoms with Crippen LogP contribution >= 0.6 is 0 Å². The zero-order chi connectivity index (χ0) is 17.9. The maximum absolute atomic E-state index is 12.6. The molecule has 1 aromatic heterocycles. The Kier molecular flexibility index (Phi) is 5.44. The van der Waals surface area contributed by atoms with E-state index in [0.717, 1.165) is 11.3 Å². The van der Waals surface area contributed by atoms with Crippen molar-refractivity contribution >= 4 is 5.91 Å². The predicted molar refractivity (Wildman–Crippen MR) is 95.0 cm³/mol. The molecular formula is C19H27N3O2. The fraction of sp³-hybridized carbons (Fsp3) is 0.474. The summed E-state index contributed by atoms with van der Waals surface area (Å²) in [5, 5.41) is 17.0. The molecule has 1 amide bonds. The van der Waals surface area contributed by atoms with Gasteiger partial charge in [-0.1, -0.05) is 44.2 Å². The molecule has 1 heterocycles. The normalized spacial score (nSPS) is 13.1. The highest BCUT2D eigenvalue weighted by Gasteiger charge is 2.24. The molecule has 0 fully saturated rings. The van der Waals surface area contributed by atoms with Crippen LogP contribution in [0.25, 0.3) is 0 Å². The quantitative estimate of drug-likeness (QED) is 0.885. The summed E-state index contributed by atoms with van der Waals surface area (Å²) in [4.78, 5) is 12.6. The van der Waals surface area contributed by atoms with Crippen LogP contribution in [0.1, 0.15) is 68.3 Å². The van der Waals surface area contributed by atoms with Gasteiger partial charge in [0.15, 0.2) is 0 Å². The lowest BCUT2D eigenvalue weighted by molar-refractivity contribution is 0.0909. The van der Waals surface area contributed by atoms with E-state index in [9.17, 15) is 9.90 Å². The smallest absolute Gasteiger partial charge is 0.272 e. The summed E-state index contributed by atoms with van der Waals surface area (Å²) in [5.74, 6) is -0.0103. The van der Waals surface area contributed by atoms with E-state index in [2.05, 4.69) is 45.0 Å². The van der Waals surface area contributed by atoms with Crippen molar-refractivity contribution in [3.8, 4) is 0 Å². The Morgan fingerprint density at radius 3 is 2.33 bits per heavy atom. The minimum absolute atomic E-state index is 0.160. The lowest BCUT2D eigenvalue weighted by Gasteiger charge is -2.23. The predicted octanol–water partition coefficient (Wildman–Crippen LogP) is 3.22. The minimum atomic E-state index is -0.444. The Balaban J connectivity index is 2.26. The van der Waals surface area contributed by atoms with Crippen LogP contribution in [0.3, 0.4) is 0 Å². The maximum Gasteiger partial charge on any atom is 0.272 e. The number of aliphatic hydroxyl groups excluding tert-OH is 1. The number of benzene rings is 1. The van der Waals surface area contributed by atoms with Gasteiger partial charge in [-0.05, 0) is 38.3 Å². The second-order valence-corrected chi connectivity index (χ2v) is 7.31. The van der Waals surface area contributed by atoms with Gasteiger partial charge in [0.05, 0.1) is 18.2 Å². The van der Waals surface area contributed by atoms with Gasteiger partial charge in [-0.3, -0.25) is 9.48 Å². The maximum atomic E-state index is 12.6. The number of aromatic nitrogens is 2. The highest BCUT2D eigenvalue weighted by atomic mass is 16.3. The zero-order valence-corrected chi connectivity index (χ0v) is 15.1. The molecule has 1 aromatic carbocycles. The van der Waals surface area contributed by atoms with Crippen molar-refractivity contribution in [1.82, 2.24) is 15.1 Å². The van der Waals surface area contributed by atoms with Crippen molar-refractivity contribution in [3.05, 3.63) is 53.3 Å². The number of carbonyl (C=O) groups excluding carboxylic acids is 1. The van der Waals surface area contributed by atoms with Gasteiger partial charge >= 0.3 is 0 Å². The van der Waals surface area contributed by atoms with E-state index in [-0.39, 0.29) is 24.0 Å². The highest BCUT2D eigenvalue weighted by Crippen LogP contribution is 2.24. The number of carbonyl (C=O) groups is 1. The monoisotopic (exact) mass is 329 g/mol. The SMILES string of the molecule is CC(C)c1cc(C(=O)N[C@H](CO)c2ccccc2)nn1C(C)(C)C. The third-order valence-electron chi connectivity index (χ3n) is 3.89. The van der Waals surface area contributed by atoms with Gasteiger partial charge in [0, 0.05) is 5.69 Å². The molecule has 5 heteroatoms. The molecule has 0 saturated heterocycles.